The fourth-order valence-electron chi connectivity index (χ4n) is 1.65. The molecule has 0 saturated heterocycles. The lowest BCUT2D eigenvalue weighted by molar-refractivity contribution is 0.114. The number of hydrogen-bond acceptors (Lipinski definition) is 4. The predicted octanol–water partition coefficient (Wildman–Crippen LogP) is 2.69. The van der Waals surface area contributed by atoms with Gasteiger partial charge >= 0.3 is 0 Å². The van der Waals surface area contributed by atoms with Crippen molar-refractivity contribution in [1.29, 1.82) is 0 Å². The van der Waals surface area contributed by atoms with Crippen LogP contribution < -0.4 is 5.32 Å². The molecular formula is C13H23BrN2OS. The lowest BCUT2D eigenvalue weighted by atomic mass is 10.1. The molecule has 1 aromatic heterocycles. The predicted molar refractivity (Wildman–Crippen MR) is 82.1 cm³/mol. The van der Waals surface area contributed by atoms with Gasteiger partial charge in [0.05, 0.1) is 9.89 Å². The van der Waals surface area contributed by atoms with Gasteiger partial charge in [-0.2, -0.15) is 0 Å². The van der Waals surface area contributed by atoms with Gasteiger partial charge in [0.2, 0.25) is 0 Å². The molecule has 0 fully saturated rings. The largest absolute Gasteiger partial charge is 0.390 e. The molecule has 1 heterocycles. The Morgan fingerprint density at radius 3 is 2.67 bits per heavy atom. The second-order valence-electron chi connectivity index (χ2n) is 5.74. The number of aliphatic hydroxyl groups excluding tert-OH is 1. The lowest BCUT2D eigenvalue weighted by Crippen LogP contribution is -2.44. The van der Waals surface area contributed by atoms with Crippen LogP contribution in [0.2, 0.25) is 0 Å². The number of β-amino-alcohol motifs (C(OH)–C–C–N with tert-alkyl or cyclic N) is 1. The number of thiophene rings is 1. The number of likely N-dealkylation sites (N-methyl/N-ethyl adjacent to an activating group) is 1. The van der Waals surface area contributed by atoms with Crippen molar-refractivity contribution < 1.29 is 5.11 Å². The summed E-state index contributed by atoms with van der Waals surface area (Å²) in [5.41, 5.74) is 1.34. The maximum atomic E-state index is 9.96. The Kier molecular flexibility index (Phi) is 6.27. The molecule has 0 aliphatic rings. The highest BCUT2D eigenvalue weighted by molar-refractivity contribution is 9.11. The van der Waals surface area contributed by atoms with Crippen LogP contribution in [0.4, 0.5) is 0 Å². The van der Waals surface area contributed by atoms with E-state index in [-0.39, 0.29) is 11.6 Å². The molecule has 0 spiro atoms. The van der Waals surface area contributed by atoms with Gasteiger partial charge in [-0.3, -0.25) is 4.90 Å². The van der Waals surface area contributed by atoms with Crippen LogP contribution in [0.1, 0.15) is 26.3 Å². The summed E-state index contributed by atoms with van der Waals surface area (Å²) in [6.07, 6.45) is -0.337. The summed E-state index contributed by atoms with van der Waals surface area (Å²) in [5, 5.41) is 15.4. The van der Waals surface area contributed by atoms with Gasteiger partial charge in [-0.15, -0.1) is 11.3 Å². The zero-order valence-electron chi connectivity index (χ0n) is 11.5. The van der Waals surface area contributed by atoms with Gasteiger partial charge in [0, 0.05) is 25.2 Å². The van der Waals surface area contributed by atoms with Gasteiger partial charge in [-0.1, -0.05) is 0 Å². The van der Waals surface area contributed by atoms with E-state index < -0.39 is 0 Å². The normalized spacial score (nSPS) is 14.2. The van der Waals surface area contributed by atoms with Crippen molar-refractivity contribution in [3.63, 3.8) is 0 Å². The molecule has 1 unspecified atom stereocenters. The van der Waals surface area contributed by atoms with E-state index in [2.05, 4.69) is 58.4 Å². The van der Waals surface area contributed by atoms with E-state index in [9.17, 15) is 5.11 Å². The van der Waals surface area contributed by atoms with Gasteiger partial charge in [0.25, 0.3) is 0 Å². The molecule has 0 bridgehead atoms. The van der Waals surface area contributed by atoms with Crippen molar-refractivity contribution in [2.75, 3.05) is 20.1 Å². The second-order valence-corrected chi connectivity index (χ2v) is 8.03. The van der Waals surface area contributed by atoms with E-state index in [0.29, 0.717) is 13.1 Å². The average Bonchev–Trinajstić information content (AvgIpc) is 2.59. The summed E-state index contributed by atoms with van der Waals surface area (Å²) in [7, 11) is 2.03. The van der Waals surface area contributed by atoms with Crippen LogP contribution in [0.5, 0.6) is 0 Å². The quantitative estimate of drug-likeness (QED) is 0.839. The van der Waals surface area contributed by atoms with Crippen LogP contribution in [-0.2, 0) is 6.54 Å². The molecule has 104 valence electrons. The summed E-state index contributed by atoms with van der Waals surface area (Å²) in [4.78, 5) is 2.14. The van der Waals surface area contributed by atoms with E-state index in [0.717, 1.165) is 10.3 Å². The van der Waals surface area contributed by atoms with Crippen LogP contribution in [0, 0.1) is 0 Å². The molecule has 3 nitrogen and oxygen atoms in total. The van der Waals surface area contributed by atoms with Gasteiger partial charge < -0.3 is 10.4 Å². The van der Waals surface area contributed by atoms with Gasteiger partial charge in [0.1, 0.15) is 0 Å². The standard InChI is InChI=1S/C13H23BrN2OS/c1-13(2,3)15-6-11(17)8-16(4)7-10-5-12(14)18-9-10/h5,9,11,15,17H,6-8H2,1-4H3. The zero-order valence-corrected chi connectivity index (χ0v) is 13.9. The molecule has 0 aliphatic carbocycles. The average molecular weight is 335 g/mol. The van der Waals surface area contributed by atoms with Crippen LogP contribution in [0.15, 0.2) is 15.2 Å². The van der Waals surface area contributed by atoms with Crippen LogP contribution in [0.25, 0.3) is 0 Å². The van der Waals surface area contributed by atoms with E-state index in [1.807, 2.05) is 7.05 Å². The summed E-state index contributed by atoms with van der Waals surface area (Å²) in [6, 6.07) is 2.13. The molecule has 0 aromatic carbocycles. The van der Waals surface area contributed by atoms with Crippen molar-refractivity contribution in [3.05, 3.63) is 20.8 Å². The summed E-state index contributed by atoms with van der Waals surface area (Å²) in [5.74, 6) is 0. The fraction of sp³-hybridized carbons (Fsp3) is 0.692. The Morgan fingerprint density at radius 2 is 2.17 bits per heavy atom. The molecule has 0 radical (unpaired) electrons. The first-order valence-electron chi connectivity index (χ1n) is 6.11. The number of nitrogens with one attached hydrogen (secondary N) is 1. The minimum absolute atomic E-state index is 0.0533. The van der Waals surface area contributed by atoms with E-state index in [1.54, 1.807) is 11.3 Å². The molecular weight excluding hydrogens is 312 g/mol. The first-order chi connectivity index (χ1) is 8.26. The molecule has 0 amide bonds. The van der Waals surface area contributed by atoms with E-state index >= 15 is 0 Å². The van der Waals surface area contributed by atoms with Crippen LogP contribution in [0.3, 0.4) is 0 Å². The maximum Gasteiger partial charge on any atom is 0.0791 e. The molecule has 1 atom stereocenters. The highest BCUT2D eigenvalue weighted by Crippen LogP contribution is 2.21. The topological polar surface area (TPSA) is 35.5 Å². The second kappa shape index (κ2) is 7.01. The Balaban J connectivity index is 2.29. The first-order valence-corrected chi connectivity index (χ1v) is 7.78. The number of aliphatic hydroxyl groups is 1. The number of rotatable bonds is 6. The molecule has 0 aliphatic heterocycles. The van der Waals surface area contributed by atoms with Crippen molar-refractivity contribution in [3.8, 4) is 0 Å². The minimum Gasteiger partial charge on any atom is -0.390 e. The van der Waals surface area contributed by atoms with Crippen molar-refractivity contribution in [1.82, 2.24) is 10.2 Å². The van der Waals surface area contributed by atoms with E-state index in [4.69, 9.17) is 0 Å². The van der Waals surface area contributed by atoms with E-state index in [1.165, 1.54) is 5.56 Å². The van der Waals surface area contributed by atoms with Crippen molar-refractivity contribution in [2.24, 2.45) is 0 Å². The van der Waals surface area contributed by atoms with Gasteiger partial charge in [-0.25, -0.2) is 0 Å². The Hall–Kier alpha value is 0.0600. The zero-order chi connectivity index (χ0) is 13.8. The third kappa shape index (κ3) is 6.85. The minimum atomic E-state index is -0.337. The summed E-state index contributed by atoms with van der Waals surface area (Å²) < 4.78 is 1.15. The summed E-state index contributed by atoms with van der Waals surface area (Å²) >= 11 is 5.15. The number of hydrogen-bond donors (Lipinski definition) is 2. The first kappa shape index (κ1) is 16.1. The number of nitrogens with zero attached hydrogens (tertiary/aromatic N) is 1. The Morgan fingerprint density at radius 1 is 1.50 bits per heavy atom. The molecule has 1 rings (SSSR count). The summed E-state index contributed by atoms with van der Waals surface area (Å²) in [6.45, 7) is 8.48. The number of halogens is 1. The molecule has 0 saturated carbocycles. The Labute approximate surface area is 122 Å². The lowest BCUT2D eigenvalue weighted by Gasteiger charge is -2.25. The molecule has 1 aromatic rings. The fourth-order valence-corrected chi connectivity index (χ4v) is 2.85. The molecule has 5 heteroatoms. The highest BCUT2D eigenvalue weighted by atomic mass is 79.9. The smallest absolute Gasteiger partial charge is 0.0791 e. The third-order valence-electron chi connectivity index (χ3n) is 2.46. The van der Waals surface area contributed by atoms with Crippen molar-refractivity contribution >= 4 is 27.3 Å². The highest BCUT2D eigenvalue weighted by Gasteiger charge is 2.14. The maximum absolute atomic E-state index is 9.96. The van der Waals surface area contributed by atoms with Crippen LogP contribution >= 0.6 is 27.3 Å². The van der Waals surface area contributed by atoms with Crippen LogP contribution in [-0.4, -0.2) is 41.8 Å². The monoisotopic (exact) mass is 334 g/mol. The van der Waals surface area contributed by atoms with Crippen molar-refractivity contribution in [2.45, 2.75) is 39.0 Å². The Bertz CT molecular complexity index is 362. The molecule has 2 N–H and O–H groups in total. The molecule has 18 heavy (non-hydrogen) atoms. The van der Waals surface area contributed by atoms with Gasteiger partial charge in [0.15, 0.2) is 0 Å². The SMILES string of the molecule is CN(Cc1csc(Br)c1)CC(O)CNC(C)(C)C. The third-order valence-corrected chi connectivity index (χ3v) is 4.02. The van der Waals surface area contributed by atoms with Gasteiger partial charge in [-0.05, 0) is 60.8 Å².